The zero-order valence-corrected chi connectivity index (χ0v) is 40.8. The Morgan fingerprint density at radius 3 is 0.932 bits per heavy atom. The lowest BCUT2D eigenvalue weighted by Crippen LogP contribution is -2.56. The molecule has 0 saturated carbocycles. The minimum atomic E-state index is -1.55. The molecule has 0 heterocycles. The van der Waals surface area contributed by atoms with Crippen molar-refractivity contribution in [2.75, 3.05) is 0 Å². The van der Waals surface area contributed by atoms with Gasteiger partial charge in [0.2, 0.25) is 0 Å². The first kappa shape index (κ1) is 40.1. The van der Waals surface area contributed by atoms with E-state index in [1.807, 2.05) is 16.3 Å². The van der Waals surface area contributed by atoms with Crippen LogP contribution in [0.4, 0.5) is 0 Å². The van der Waals surface area contributed by atoms with Crippen LogP contribution >= 0.6 is 0 Å². The first-order chi connectivity index (χ1) is 19.3. The van der Waals surface area contributed by atoms with Crippen LogP contribution in [0.5, 0.6) is 0 Å². The van der Waals surface area contributed by atoms with Gasteiger partial charge >= 0.3 is 0 Å². The van der Waals surface area contributed by atoms with Crippen LogP contribution < -0.4 is 10.4 Å². The van der Waals surface area contributed by atoms with E-state index in [0.717, 1.165) is 15.5 Å². The Hall–Kier alpha value is -0.0418. The minimum Gasteiger partial charge on any atom is -0.0693 e. The summed E-state index contributed by atoms with van der Waals surface area (Å²) in [5, 5.41) is 5.93. The molecular formula is C37H74Si7. The van der Waals surface area contributed by atoms with Gasteiger partial charge in [0, 0.05) is 48.4 Å². The summed E-state index contributed by atoms with van der Waals surface area (Å²) in [4.78, 5) is 0. The van der Waals surface area contributed by atoms with E-state index in [4.69, 9.17) is 0 Å². The molecule has 0 fully saturated rings. The van der Waals surface area contributed by atoms with E-state index in [1.54, 1.807) is 21.9 Å². The molecule has 0 amide bonds. The molecule has 7 heteroatoms. The SMILES string of the molecule is Cc1cc(C)c([Si@@H](C)c2c(C([Si](C)(C)C)[Si](C)(C)C)cc(C([Si](C)(C)C)[Si](C)(C)C)cc2C([Si](C)(C)C)[Si](C)(C)C)c(C)c1. The lowest BCUT2D eigenvalue weighted by molar-refractivity contribution is 1.10. The third-order valence-corrected chi connectivity index (χ3v) is 41.2. The summed E-state index contributed by atoms with van der Waals surface area (Å²) in [7, 11) is -10.7. The summed E-state index contributed by atoms with van der Waals surface area (Å²) in [6, 6.07) is 10.8. The Morgan fingerprint density at radius 1 is 0.409 bits per heavy atom. The predicted molar refractivity (Wildman–Crippen MR) is 228 cm³/mol. The molecule has 0 aliphatic rings. The summed E-state index contributed by atoms with van der Waals surface area (Å²) >= 11 is 0. The molecule has 2 rings (SSSR count). The molecule has 0 aromatic heterocycles. The molecule has 250 valence electrons. The number of hydrogen-bond donors (Lipinski definition) is 0. The molecule has 0 N–H and O–H groups in total. The lowest BCUT2D eigenvalue weighted by atomic mass is 10.1. The normalized spacial score (nSPS) is 15.1. The summed E-state index contributed by atoms with van der Waals surface area (Å²) < 4.78 is 0. The van der Waals surface area contributed by atoms with Gasteiger partial charge in [-0.15, -0.1) is 0 Å². The van der Waals surface area contributed by atoms with Crippen molar-refractivity contribution in [1.29, 1.82) is 0 Å². The zero-order chi connectivity index (χ0) is 34.8. The Kier molecular flexibility index (Phi) is 12.0. The second-order valence-electron chi connectivity index (χ2n) is 21.1. The van der Waals surface area contributed by atoms with Gasteiger partial charge < -0.3 is 0 Å². The number of rotatable bonds is 11. The third-order valence-electron chi connectivity index (χ3n) is 10.0. The van der Waals surface area contributed by atoms with Gasteiger partial charge in [-0.1, -0.05) is 187 Å². The molecule has 0 aliphatic carbocycles. The monoisotopic (exact) mass is 714 g/mol. The van der Waals surface area contributed by atoms with Gasteiger partial charge in [0.1, 0.15) is 8.80 Å². The first-order valence-electron chi connectivity index (χ1n) is 17.6. The Morgan fingerprint density at radius 2 is 0.682 bits per heavy atom. The van der Waals surface area contributed by atoms with Crippen LogP contribution in [0.3, 0.4) is 0 Å². The van der Waals surface area contributed by atoms with Crippen LogP contribution in [0, 0.1) is 20.8 Å². The van der Waals surface area contributed by atoms with Gasteiger partial charge in [-0.05, 0) is 41.8 Å². The van der Waals surface area contributed by atoms with Crippen LogP contribution in [0.2, 0.25) is 124 Å². The number of hydrogen-bond acceptors (Lipinski definition) is 0. The van der Waals surface area contributed by atoms with E-state index in [0.29, 0.717) is 0 Å². The van der Waals surface area contributed by atoms with Gasteiger partial charge in [-0.3, -0.25) is 0 Å². The maximum absolute atomic E-state index is 2.91. The van der Waals surface area contributed by atoms with E-state index < -0.39 is 57.2 Å². The first-order valence-corrected chi connectivity index (χ1v) is 41.3. The van der Waals surface area contributed by atoms with Gasteiger partial charge in [-0.2, -0.15) is 0 Å². The number of benzene rings is 2. The summed E-state index contributed by atoms with van der Waals surface area (Å²) in [5.41, 5.74) is 9.98. The van der Waals surface area contributed by atoms with Crippen molar-refractivity contribution in [1.82, 2.24) is 0 Å². The molecular weight excluding hydrogens is 641 g/mol. The second-order valence-corrected chi connectivity index (χ2v) is 57.3. The topological polar surface area (TPSA) is 0 Å². The van der Waals surface area contributed by atoms with Gasteiger partial charge in [0.15, 0.2) is 0 Å². The Bertz CT molecular complexity index is 1200. The highest BCUT2D eigenvalue weighted by Crippen LogP contribution is 2.44. The molecule has 1 atom stereocenters. The maximum atomic E-state index is 2.91. The fourth-order valence-corrected chi connectivity index (χ4v) is 52.8. The predicted octanol–water partition coefficient (Wildman–Crippen LogP) is 11.1. The maximum Gasteiger partial charge on any atom is 0.101 e. The highest BCUT2D eigenvalue weighted by Gasteiger charge is 2.47. The van der Waals surface area contributed by atoms with Crippen molar-refractivity contribution in [3.05, 3.63) is 57.6 Å². The third kappa shape index (κ3) is 9.10. The molecule has 0 bridgehead atoms. The van der Waals surface area contributed by atoms with E-state index in [1.165, 1.54) is 5.56 Å². The van der Waals surface area contributed by atoms with E-state index in [-0.39, 0.29) is 0 Å². The molecule has 2 aromatic carbocycles. The average molecular weight is 716 g/mol. The van der Waals surface area contributed by atoms with Crippen LogP contribution in [-0.2, 0) is 0 Å². The summed E-state index contributed by atoms with van der Waals surface area (Å²) in [5.74, 6) is 0. The average Bonchev–Trinajstić information content (AvgIpc) is 2.66. The van der Waals surface area contributed by atoms with Gasteiger partial charge in [-0.25, -0.2) is 0 Å². The van der Waals surface area contributed by atoms with Gasteiger partial charge in [0.25, 0.3) is 0 Å². The van der Waals surface area contributed by atoms with Crippen molar-refractivity contribution in [3.63, 3.8) is 0 Å². The fourth-order valence-electron chi connectivity index (χ4n) is 10.6. The molecule has 0 aliphatic heterocycles. The van der Waals surface area contributed by atoms with Crippen molar-refractivity contribution in [2.24, 2.45) is 0 Å². The summed E-state index contributed by atoms with van der Waals surface area (Å²) in [6.45, 7) is 58.2. The zero-order valence-electron chi connectivity index (χ0n) is 33.6. The summed E-state index contributed by atoms with van der Waals surface area (Å²) in [6.07, 6.45) is 0. The Labute approximate surface area is 284 Å². The molecule has 0 nitrogen and oxygen atoms in total. The largest absolute Gasteiger partial charge is 0.101 e. The second kappa shape index (κ2) is 13.1. The highest BCUT2D eigenvalue weighted by atomic mass is 28.4. The molecule has 44 heavy (non-hydrogen) atoms. The minimum absolute atomic E-state index is 0.762. The van der Waals surface area contributed by atoms with Crippen LogP contribution in [0.15, 0.2) is 24.3 Å². The molecule has 0 spiro atoms. The quantitative estimate of drug-likeness (QED) is 0.203. The van der Waals surface area contributed by atoms with Crippen LogP contribution in [0.1, 0.15) is 48.9 Å². The van der Waals surface area contributed by atoms with Crippen LogP contribution in [-0.4, -0.2) is 57.2 Å². The standard InChI is InChI=1S/C37H74Si7/c1-27-23-28(2)33(29(3)24-27)38(4)34-31(36(41(11,12)13)42(14,15)16)25-30(35(39(5,6)7)40(8,9)10)26-32(34)37(43(17,18)19)44(20,21)22/h23-26,35-38H,1-22H3/t38-/m1/s1. The van der Waals surface area contributed by atoms with Crippen molar-refractivity contribution < 1.29 is 0 Å². The van der Waals surface area contributed by atoms with Crippen molar-refractivity contribution >= 4 is 67.6 Å². The van der Waals surface area contributed by atoms with Gasteiger partial charge in [0.05, 0.1) is 0 Å². The molecule has 0 unspecified atom stereocenters. The van der Waals surface area contributed by atoms with Crippen molar-refractivity contribution in [3.8, 4) is 0 Å². The fraction of sp³-hybridized carbons (Fsp3) is 0.676. The van der Waals surface area contributed by atoms with Crippen LogP contribution in [0.25, 0.3) is 0 Å². The van der Waals surface area contributed by atoms with E-state index >= 15 is 0 Å². The Balaban J connectivity index is 3.44. The van der Waals surface area contributed by atoms with E-state index in [2.05, 4.69) is 169 Å². The van der Waals surface area contributed by atoms with Crippen molar-refractivity contribution in [2.45, 2.75) is 161 Å². The molecule has 2 aromatic rings. The highest BCUT2D eigenvalue weighted by molar-refractivity contribution is 6.99. The molecule has 0 radical (unpaired) electrons. The van der Waals surface area contributed by atoms with E-state index in [9.17, 15) is 0 Å². The lowest BCUT2D eigenvalue weighted by Gasteiger charge is -2.46. The molecule has 0 saturated heterocycles. The number of aryl methyl sites for hydroxylation is 3. The smallest absolute Gasteiger partial charge is 0.0693 e.